The van der Waals surface area contributed by atoms with E-state index in [4.69, 9.17) is 11.6 Å². The van der Waals surface area contributed by atoms with Gasteiger partial charge in [0.05, 0.1) is 21.8 Å². The Balaban J connectivity index is 1.84. The summed E-state index contributed by atoms with van der Waals surface area (Å²) in [4.78, 5) is 20.8. The van der Waals surface area contributed by atoms with Crippen molar-refractivity contribution in [1.29, 1.82) is 0 Å². The van der Waals surface area contributed by atoms with Gasteiger partial charge in [-0.05, 0) is 39.8 Å². The zero-order valence-electron chi connectivity index (χ0n) is 16.4. The van der Waals surface area contributed by atoms with Gasteiger partial charge in [0, 0.05) is 19.1 Å². The molecule has 1 aromatic carbocycles. The maximum atomic E-state index is 11.7. The monoisotopic (exact) mass is 401 g/mol. The second-order valence-corrected chi connectivity index (χ2v) is 7.16. The lowest BCUT2D eigenvalue weighted by atomic mass is 10.3. The van der Waals surface area contributed by atoms with Crippen LogP contribution in [0.5, 0.6) is 0 Å². The summed E-state index contributed by atoms with van der Waals surface area (Å²) in [6.45, 7) is 8.55. The average Bonchev–Trinajstić information content (AvgIpc) is 2.94. The van der Waals surface area contributed by atoms with E-state index in [9.17, 15) is 4.79 Å². The van der Waals surface area contributed by atoms with Crippen molar-refractivity contribution in [3.8, 4) is 5.69 Å². The Morgan fingerprint density at radius 2 is 1.93 bits per heavy atom. The van der Waals surface area contributed by atoms with Crippen molar-refractivity contribution >= 4 is 34.5 Å². The summed E-state index contributed by atoms with van der Waals surface area (Å²) in [5, 5.41) is 14.9. The van der Waals surface area contributed by atoms with Crippen LogP contribution in [0.1, 0.15) is 25.4 Å². The van der Waals surface area contributed by atoms with Gasteiger partial charge < -0.3 is 16.0 Å². The van der Waals surface area contributed by atoms with Gasteiger partial charge in [0.25, 0.3) is 0 Å². The number of amides is 2. The number of carbonyl (C=O) groups is 1. The molecule has 8 nitrogen and oxygen atoms in total. The molecule has 0 bridgehead atoms. The van der Waals surface area contributed by atoms with E-state index in [0.717, 1.165) is 16.8 Å². The molecule has 0 spiro atoms. The first-order valence-electron chi connectivity index (χ1n) is 9.14. The minimum Gasteiger partial charge on any atom is -0.368 e. The van der Waals surface area contributed by atoms with Crippen LogP contribution in [0.3, 0.4) is 0 Å². The van der Waals surface area contributed by atoms with E-state index in [0.29, 0.717) is 35.4 Å². The number of rotatable bonds is 6. The van der Waals surface area contributed by atoms with Crippen molar-refractivity contribution in [2.24, 2.45) is 0 Å². The highest BCUT2D eigenvalue weighted by molar-refractivity contribution is 6.32. The summed E-state index contributed by atoms with van der Waals surface area (Å²) in [5.41, 5.74) is 2.24. The molecule has 0 aliphatic heterocycles. The second kappa shape index (κ2) is 8.43. The molecule has 3 N–H and O–H groups in total. The maximum Gasteiger partial charge on any atom is 0.315 e. The SMILES string of the molecule is Cc1nc(NCCNC(=O)NC(C)C)c2c(C)nn(-c3ccccc3Cl)c2n1. The molecule has 0 fully saturated rings. The minimum atomic E-state index is -0.191. The van der Waals surface area contributed by atoms with Crippen LogP contribution >= 0.6 is 11.6 Å². The highest BCUT2D eigenvalue weighted by Gasteiger charge is 2.17. The number of urea groups is 1. The van der Waals surface area contributed by atoms with Crippen molar-refractivity contribution in [3.63, 3.8) is 0 Å². The van der Waals surface area contributed by atoms with Crippen molar-refractivity contribution in [3.05, 3.63) is 40.8 Å². The van der Waals surface area contributed by atoms with Crippen LogP contribution in [-0.2, 0) is 0 Å². The minimum absolute atomic E-state index is 0.0930. The van der Waals surface area contributed by atoms with E-state index in [1.165, 1.54) is 0 Å². The number of para-hydroxylation sites is 1. The highest BCUT2D eigenvalue weighted by Crippen LogP contribution is 2.28. The van der Waals surface area contributed by atoms with Crippen LogP contribution in [0.2, 0.25) is 5.02 Å². The zero-order chi connectivity index (χ0) is 20.3. The van der Waals surface area contributed by atoms with Crippen LogP contribution in [0.15, 0.2) is 24.3 Å². The quantitative estimate of drug-likeness (QED) is 0.551. The van der Waals surface area contributed by atoms with Gasteiger partial charge >= 0.3 is 6.03 Å². The summed E-state index contributed by atoms with van der Waals surface area (Å²) in [6, 6.07) is 7.40. The molecule has 0 aliphatic carbocycles. The van der Waals surface area contributed by atoms with Gasteiger partial charge in [0.2, 0.25) is 0 Å². The molecule has 2 aromatic heterocycles. The molecule has 2 heterocycles. The van der Waals surface area contributed by atoms with Crippen molar-refractivity contribution in [2.75, 3.05) is 18.4 Å². The number of fused-ring (bicyclic) bond motifs is 1. The number of carbonyl (C=O) groups excluding carboxylic acids is 1. The normalized spacial score (nSPS) is 11.1. The Hall–Kier alpha value is -2.87. The first kappa shape index (κ1) is 19.9. The number of hydrogen-bond acceptors (Lipinski definition) is 5. The van der Waals surface area contributed by atoms with Gasteiger partial charge in [0.1, 0.15) is 11.6 Å². The molecular formula is C19H24ClN7O. The van der Waals surface area contributed by atoms with Crippen LogP contribution < -0.4 is 16.0 Å². The highest BCUT2D eigenvalue weighted by atomic mass is 35.5. The molecule has 0 saturated carbocycles. The standard InChI is InChI=1S/C19H24ClN7O/c1-11(2)23-19(28)22-10-9-21-17-16-12(3)26-27(18(16)25-13(4)24-17)15-8-6-5-7-14(15)20/h5-8,11H,9-10H2,1-4H3,(H,21,24,25)(H2,22,23,28). The summed E-state index contributed by atoms with van der Waals surface area (Å²) >= 11 is 6.35. The fourth-order valence-corrected chi connectivity index (χ4v) is 3.10. The second-order valence-electron chi connectivity index (χ2n) is 6.75. The number of nitrogens with one attached hydrogen (secondary N) is 3. The third-order valence-electron chi connectivity index (χ3n) is 4.02. The molecule has 28 heavy (non-hydrogen) atoms. The Morgan fingerprint density at radius 1 is 1.18 bits per heavy atom. The lowest BCUT2D eigenvalue weighted by molar-refractivity contribution is 0.239. The van der Waals surface area contributed by atoms with E-state index < -0.39 is 0 Å². The summed E-state index contributed by atoms with van der Waals surface area (Å²) in [6.07, 6.45) is 0. The number of benzene rings is 1. The van der Waals surface area contributed by atoms with Gasteiger partial charge in [-0.2, -0.15) is 5.10 Å². The van der Waals surface area contributed by atoms with Crippen LogP contribution in [0.25, 0.3) is 16.7 Å². The van der Waals surface area contributed by atoms with Gasteiger partial charge in [-0.25, -0.2) is 19.4 Å². The summed E-state index contributed by atoms with van der Waals surface area (Å²) in [5.74, 6) is 1.30. The van der Waals surface area contributed by atoms with Crippen molar-refractivity contribution in [1.82, 2.24) is 30.4 Å². The van der Waals surface area contributed by atoms with E-state index in [-0.39, 0.29) is 12.1 Å². The lowest BCUT2D eigenvalue weighted by Crippen LogP contribution is -2.41. The lowest BCUT2D eigenvalue weighted by Gasteiger charge is -2.12. The maximum absolute atomic E-state index is 11.7. The fourth-order valence-electron chi connectivity index (χ4n) is 2.88. The van der Waals surface area contributed by atoms with E-state index in [1.807, 2.05) is 52.0 Å². The van der Waals surface area contributed by atoms with Gasteiger partial charge in [-0.1, -0.05) is 23.7 Å². The molecule has 2 amide bonds. The molecule has 0 unspecified atom stereocenters. The third kappa shape index (κ3) is 4.33. The Kier molecular flexibility index (Phi) is 5.99. The van der Waals surface area contributed by atoms with Crippen molar-refractivity contribution in [2.45, 2.75) is 33.7 Å². The van der Waals surface area contributed by atoms with Crippen LogP contribution in [-0.4, -0.2) is 44.9 Å². The molecule has 0 radical (unpaired) electrons. The van der Waals surface area contributed by atoms with Gasteiger partial charge in [0.15, 0.2) is 5.65 Å². The molecule has 0 aliphatic rings. The molecule has 148 valence electrons. The molecule has 0 atom stereocenters. The number of aryl methyl sites for hydroxylation is 2. The Labute approximate surface area is 168 Å². The number of aromatic nitrogens is 4. The fraction of sp³-hybridized carbons (Fsp3) is 0.368. The first-order valence-corrected chi connectivity index (χ1v) is 9.51. The van der Waals surface area contributed by atoms with E-state index in [1.54, 1.807) is 4.68 Å². The van der Waals surface area contributed by atoms with Crippen LogP contribution in [0.4, 0.5) is 10.6 Å². The number of anilines is 1. The average molecular weight is 402 g/mol. The van der Waals surface area contributed by atoms with Crippen molar-refractivity contribution < 1.29 is 4.79 Å². The topological polar surface area (TPSA) is 96.8 Å². The van der Waals surface area contributed by atoms with Gasteiger partial charge in [-0.3, -0.25) is 0 Å². The number of nitrogens with zero attached hydrogens (tertiary/aromatic N) is 4. The van der Waals surface area contributed by atoms with Gasteiger partial charge in [-0.15, -0.1) is 0 Å². The van der Waals surface area contributed by atoms with Crippen LogP contribution in [0, 0.1) is 13.8 Å². The smallest absolute Gasteiger partial charge is 0.315 e. The van der Waals surface area contributed by atoms with E-state index in [2.05, 4.69) is 31.0 Å². The molecule has 3 rings (SSSR count). The molecule has 9 heteroatoms. The molecule has 3 aromatic rings. The largest absolute Gasteiger partial charge is 0.368 e. The molecular weight excluding hydrogens is 378 g/mol. The summed E-state index contributed by atoms with van der Waals surface area (Å²) in [7, 11) is 0. The third-order valence-corrected chi connectivity index (χ3v) is 4.34. The predicted octanol–water partition coefficient (Wildman–Crippen LogP) is 3.21. The zero-order valence-corrected chi connectivity index (χ0v) is 17.1. The predicted molar refractivity (Wildman–Crippen MR) is 111 cm³/mol. The molecule has 0 saturated heterocycles. The Morgan fingerprint density at radius 3 is 2.64 bits per heavy atom. The first-order chi connectivity index (χ1) is 13.4. The van der Waals surface area contributed by atoms with E-state index >= 15 is 0 Å². The summed E-state index contributed by atoms with van der Waals surface area (Å²) < 4.78 is 1.74. The Bertz CT molecular complexity index is 999. The number of halogens is 1. The number of hydrogen-bond donors (Lipinski definition) is 3.